The maximum Gasteiger partial charge on any atom is 0.224 e. The maximum atomic E-state index is 11.9. The first-order chi connectivity index (χ1) is 8.75. The number of amides is 1. The number of piperidine rings is 1. The average molecular weight is 268 g/mol. The van der Waals surface area contributed by atoms with Gasteiger partial charge in [0.25, 0.3) is 0 Å². The number of carbonyl (C=O) groups is 1. The van der Waals surface area contributed by atoms with Gasteiger partial charge in [0.2, 0.25) is 5.91 Å². The fourth-order valence-electron chi connectivity index (χ4n) is 2.11. The summed E-state index contributed by atoms with van der Waals surface area (Å²) in [5.74, 6) is 0.388. The Kier molecular flexibility index (Phi) is 6.98. The highest BCUT2D eigenvalue weighted by Gasteiger charge is 2.23. The van der Waals surface area contributed by atoms with Crippen LogP contribution in [0.15, 0.2) is 17.5 Å². The van der Waals surface area contributed by atoms with Gasteiger partial charge in [-0.3, -0.25) is 4.79 Å². The molecule has 0 bridgehead atoms. The highest BCUT2D eigenvalue weighted by molar-refractivity contribution is 7.09. The Morgan fingerprint density at radius 2 is 2.33 bits per heavy atom. The molecule has 1 aromatic heterocycles. The minimum absolute atomic E-state index is 0.179. The number of thiophene rings is 1. The molecule has 102 valence electrons. The second-order valence-electron chi connectivity index (χ2n) is 4.40. The van der Waals surface area contributed by atoms with Gasteiger partial charge >= 0.3 is 0 Å². The topological polar surface area (TPSA) is 32.3 Å². The minimum Gasteiger partial charge on any atom is -0.351 e. The summed E-state index contributed by atoms with van der Waals surface area (Å²) in [5, 5.41) is 5.06. The number of rotatable bonds is 3. The molecule has 4 heteroatoms. The number of hydrogen-bond donors (Lipinski definition) is 1. The van der Waals surface area contributed by atoms with Crippen LogP contribution in [0.4, 0.5) is 0 Å². The zero-order valence-corrected chi connectivity index (χ0v) is 12.4. The summed E-state index contributed by atoms with van der Waals surface area (Å²) in [6.07, 6.45) is 2.16. The normalized spacial score (nSPS) is 19.8. The monoisotopic (exact) mass is 268 g/mol. The Bertz CT molecular complexity index is 338. The van der Waals surface area contributed by atoms with Crippen LogP contribution in [0.25, 0.3) is 0 Å². The summed E-state index contributed by atoms with van der Waals surface area (Å²) < 4.78 is 0. The first-order valence-electron chi connectivity index (χ1n) is 6.74. The van der Waals surface area contributed by atoms with Crippen molar-refractivity contribution in [2.45, 2.75) is 33.2 Å². The number of likely N-dealkylation sites (tertiary alicyclic amines) is 1. The first-order valence-corrected chi connectivity index (χ1v) is 7.62. The van der Waals surface area contributed by atoms with Gasteiger partial charge in [0.05, 0.1) is 12.5 Å². The Labute approximate surface area is 114 Å². The van der Waals surface area contributed by atoms with Crippen LogP contribution in [0.1, 0.15) is 31.6 Å². The predicted octanol–water partition coefficient (Wildman–Crippen LogP) is 2.73. The van der Waals surface area contributed by atoms with E-state index in [1.807, 2.05) is 25.3 Å². The second kappa shape index (κ2) is 8.27. The molecule has 1 fully saturated rings. The SMILES string of the molecule is CC.CN1CCCC(C(=O)NCc2cccs2)C1. The number of hydrogen-bond acceptors (Lipinski definition) is 3. The molecule has 0 spiro atoms. The fraction of sp³-hybridized carbons (Fsp3) is 0.643. The van der Waals surface area contributed by atoms with Crippen LogP contribution in [-0.2, 0) is 11.3 Å². The molecule has 2 heterocycles. The van der Waals surface area contributed by atoms with E-state index in [0.717, 1.165) is 25.9 Å². The van der Waals surface area contributed by atoms with Gasteiger partial charge in [-0.2, -0.15) is 0 Å². The van der Waals surface area contributed by atoms with Crippen LogP contribution in [-0.4, -0.2) is 30.9 Å². The lowest BCUT2D eigenvalue weighted by Crippen LogP contribution is -2.41. The lowest BCUT2D eigenvalue weighted by Gasteiger charge is -2.28. The van der Waals surface area contributed by atoms with E-state index < -0.39 is 0 Å². The minimum atomic E-state index is 0.179. The van der Waals surface area contributed by atoms with Crippen LogP contribution in [0.5, 0.6) is 0 Å². The van der Waals surface area contributed by atoms with Crippen LogP contribution in [0.2, 0.25) is 0 Å². The molecular weight excluding hydrogens is 244 g/mol. The van der Waals surface area contributed by atoms with Crippen molar-refractivity contribution in [2.24, 2.45) is 5.92 Å². The van der Waals surface area contributed by atoms with Crippen molar-refractivity contribution in [3.05, 3.63) is 22.4 Å². The molecule has 18 heavy (non-hydrogen) atoms. The molecule has 1 aliphatic rings. The third kappa shape index (κ3) is 4.78. The van der Waals surface area contributed by atoms with Crippen LogP contribution in [0.3, 0.4) is 0 Å². The molecule has 1 saturated heterocycles. The summed E-state index contributed by atoms with van der Waals surface area (Å²) >= 11 is 1.69. The zero-order valence-electron chi connectivity index (χ0n) is 11.6. The van der Waals surface area contributed by atoms with Crippen molar-refractivity contribution < 1.29 is 4.79 Å². The zero-order chi connectivity index (χ0) is 13.4. The van der Waals surface area contributed by atoms with Gasteiger partial charge in [0.1, 0.15) is 0 Å². The van der Waals surface area contributed by atoms with E-state index in [2.05, 4.69) is 23.3 Å². The van der Waals surface area contributed by atoms with Crippen molar-refractivity contribution in [3.8, 4) is 0 Å². The Morgan fingerprint density at radius 3 is 2.94 bits per heavy atom. The van der Waals surface area contributed by atoms with Crippen LogP contribution in [0, 0.1) is 5.92 Å². The van der Waals surface area contributed by atoms with Gasteiger partial charge in [-0.05, 0) is 37.9 Å². The maximum absolute atomic E-state index is 11.9. The number of carbonyl (C=O) groups excluding carboxylic acids is 1. The van der Waals surface area contributed by atoms with E-state index in [4.69, 9.17) is 0 Å². The molecule has 1 atom stereocenters. The summed E-state index contributed by atoms with van der Waals surface area (Å²) in [4.78, 5) is 15.4. The van der Waals surface area contributed by atoms with Crippen molar-refractivity contribution in [3.63, 3.8) is 0 Å². The van der Waals surface area contributed by atoms with Crippen molar-refractivity contribution in [1.82, 2.24) is 10.2 Å². The summed E-state index contributed by atoms with van der Waals surface area (Å²) in [5.41, 5.74) is 0. The molecule has 1 aliphatic heterocycles. The number of nitrogens with one attached hydrogen (secondary N) is 1. The summed E-state index contributed by atoms with van der Waals surface area (Å²) in [7, 11) is 2.08. The fourth-order valence-corrected chi connectivity index (χ4v) is 2.76. The predicted molar refractivity (Wildman–Crippen MR) is 77.7 cm³/mol. The van der Waals surface area contributed by atoms with E-state index in [-0.39, 0.29) is 11.8 Å². The van der Waals surface area contributed by atoms with E-state index in [1.54, 1.807) is 11.3 Å². The van der Waals surface area contributed by atoms with Gasteiger partial charge in [0.15, 0.2) is 0 Å². The third-order valence-corrected chi connectivity index (χ3v) is 3.89. The molecule has 1 unspecified atom stereocenters. The molecule has 1 aromatic rings. The molecule has 2 rings (SSSR count). The molecule has 0 radical (unpaired) electrons. The first kappa shape index (κ1) is 15.2. The van der Waals surface area contributed by atoms with Crippen LogP contribution < -0.4 is 5.32 Å². The van der Waals surface area contributed by atoms with Gasteiger partial charge in [-0.25, -0.2) is 0 Å². The van der Waals surface area contributed by atoms with E-state index in [0.29, 0.717) is 6.54 Å². The van der Waals surface area contributed by atoms with Gasteiger partial charge in [0, 0.05) is 11.4 Å². The molecule has 0 saturated carbocycles. The van der Waals surface area contributed by atoms with Gasteiger partial charge < -0.3 is 10.2 Å². The second-order valence-corrected chi connectivity index (χ2v) is 5.43. The van der Waals surface area contributed by atoms with E-state index in [9.17, 15) is 4.79 Å². The Hall–Kier alpha value is -0.870. The molecule has 0 aliphatic carbocycles. The third-order valence-electron chi connectivity index (χ3n) is 3.01. The van der Waals surface area contributed by atoms with Crippen molar-refractivity contribution in [1.29, 1.82) is 0 Å². The summed E-state index contributed by atoms with van der Waals surface area (Å²) in [6.45, 7) is 6.70. The van der Waals surface area contributed by atoms with Gasteiger partial charge in [-0.1, -0.05) is 19.9 Å². The molecule has 0 aromatic carbocycles. The average Bonchev–Trinajstić information content (AvgIpc) is 2.91. The lowest BCUT2D eigenvalue weighted by molar-refractivity contribution is -0.126. The summed E-state index contributed by atoms with van der Waals surface area (Å²) in [6, 6.07) is 4.07. The molecule has 3 nitrogen and oxygen atoms in total. The van der Waals surface area contributed by atoms with Gasteiger partial charge in [-0.15, -0.1) is 11.3 Å². The number of nitrogens with zero attached hydrogens (tertiary/aromatic N) is 1. The van der Waals surface area contributed by atoms with Crippen molar-refractivity contribution in [2.75, 3.05) is 20.1 Å². The Morgan fingerprint density at radius 1 is 1.56 bits per heavy atom. The van der Waals surface area contributed by atoms with E-state index >= 15 is 0 Å². The lowest BCUT2D eigenvalue weighted by atomic mass is 9.98. The van der Waals surface area contributed by atoms with Crippen LogP contribution >= 0.6 is 11.3 Å². The Balaban J connectivity index is 0.000000771. The largest absolute Gasteiger partial charge is 0.351 e. The molecular formula is C14H24N2OS. The highest BCUT2D eigenvalue weighted by atomic mass is 32.1. The standard InChI is InChI=1S/C12H18N2OS.C2H6/c1-14-6-2-4-10(9-14)12(15)13-8-11-5-3-7-16-11;1-2/h3,5,7,10H,2,4,6,8-9H2,1H3,(H,13,15);1-2H3. The molecule has 1 N–H and O–H groups in total. The highest BCUT2D eigenvalue weighted by Crippen LogP contribution is 2.15. The smallest absolute Gasteiger partial charge is 0.224 e. The van der Waals surface area contributed by atoms with Crippen molar-refractivity contribution >= 4 is 17.2 Å². The molecule has 1 amide bonds. The quantitative estimate of drug-likeness (QED) is 0.914. The van der Waals surface area contributed by atoms with E-state index in [1.165, 1.54) is 4.88 Å².